The minimum Gasteiger partial charge on any atom is -0.479 e. The predicted octanol–water partition coefficient (Wildman–Crippen LogP) is 3.48. The van der Waals surface area contributed by atoms with Gasteiger partial charge in [0, 0.05) is 19.0 Å². The van der Waals surface area contributed by atoms with Crippen molar-refractivity contribution >= 4 is 12.1 Å². The molecule has 6 nitrogen and oxygen atoms in total. The van der Waals surface area contributed by atoms with Gasteiger partial charge >= 0.3 is 12.1 Å². The lowest BCUT2D eigenvalue weighted by Crippen LogP contribution is -2.40. The lowest BCUT2D eigenvalue weighted by atomic mass is 9.91. The molecule has 1 amide bonds. The standard InChI is InChI=1S/C23H25NO5/c25-21(22(26)27)13-15-9-11-24(12-10-15)23(28)29-14-20-18-7-3-1-5-16(18)17-6-2-4-8-19(17)20/h1-8,15,20-21,25H,9-14H2,(H,26,27). The third kappa shape index (κ3) is 3.98. The van der Waals surface area contributed by atoms with Crippen LogP contribution in [0, 0.1) is 5.92 Å². The average molecular weight is 395 g/mol. The Kier molecular flexibility index (Phi) is 5.53. The van der Waals surface area contributed by atoms with Gasteiger partial charge in [0.15, 0.2) is 6.10 Å². The van der Waals surface area contributed by atoms with E-state index in [2.05, 4.69) is 24.3 Å². The molecule has 1 saturated heterocycles. The normalized spacial score (nSPS) is 17.5. The first-order valence-electron chi connectivity index (χ1n) is 10.1. The van der Waals surface area contributed by atoms with E-state index >= 15 is 0 Å². The van der Waals surface area contributed by atoms with Crippen molar-refractivity contribution in [2.45, 2.75) is 31.3 Å². The van der Waals surface area contributed by atoms with Gasteiger partial charge in [0.25, 0.3) is 0 Å². The van der Waals surface area contributed by atoms with E-state index in [9.17, 15) is 14.7 Å². The van der Waals surface area contributed by atoms with E-state index in [0.29, 0.717) is 32.5 Å². The minimum absolute atomic E-state index is 0.0367. The molecule has 4 rings (SSSR count). The van der Waals surface area contributed by atoms with E-state index in [4.69, 9.17) is 9.84 Å². The first-order chi connectivity index (χ1) is 14.0. The number of fused-ring (bicyclic) bond motifs is 3. The SMILES string of the molecule is O=C(O)C(O)CC1CCN(C(=O)OCC2c3ccccc3-c3ccccc32)CC1. The number of carbonyl (C=O) groups is 2. The summed E-state index contributed by atoms with van der Waals surface area (Å²) >= 11 is 0. The molecule has 2 aromatic carbocycles. The fourth-order valence-corrected chi connectivity index (χ4v) is 4.45. The first-order valence-corrected chi connectivity index (χ1v) is 10.1. The van der Waals surface area contributed by atoms with Crippen LogP contribution in [0.1, 0.15) is 36.3 Å². The summed E-state index contributed by atoms with van der Waals surface area (Å²) in [5.74, 6) is -1.04. The monoisotopic (exact) mass is 395 g/mol. The molecule has 6 heteroatoms. The molecule has 0 bridgehead atoms. The highest BCUT2D eigenvalue weighted by atomic mass is 16.6. The highest BCUT2D eigenvalue weighted by molar-refractivity contribution is 5.79. The van der Waals surface area contributed by atoms with E-state index in [1.807, 2.05) is 24.3 Å². The van der Waals surface area contributed by atoms with Gasteiger partial charge in [-0.05, 0) is 47.4 Å². The number of carboxylic acid groups (broad SMARTS) is 1. The number of ether oxygens (including phenoxy) is 1. The number of carboxylic acids is 1. The number of rotatable bonds is 5. The summed E-state index contributed by atoms with van der Waals surface area (Å²) in [7, 11) is 0. The Labute approximate surface area is 169 Å². The van der Waals surface area contributed by atoms with Gasteiger partial charge in [0.05, 0.1) is 0 Å². The topological polar surface area (TPSA) is 87.1 Å². The molecule has 2 aromatic rings. The Morgan fingerprint density at radius 1 is 1.00 bits per heavy atom. The van der Waals surface area contributed by atoms with Crippen molar-refractivity contribution in [2.75, 3.05) is 19.7 Å². The maximum Gasteiger partial charge on any atom is 0.409 e. The Morgan fingerprint density at radius 3 is 2.10 bits per heavy atom. The van der Waals surface area contributed by atoms with Crippen LogP contribution >= 0.6 is 0 Å². The van der Waals surface area contributed by atoms with Crippen LogP contribution in [0.25, 0.3) is 11.1 Å². The third-order valence-corrected chi connectivity index (χ3v) is 6.05. The first kappa shape index (κ1) is 19.5. The molecule has 0 aromatic heterocycles. The van der Waals surface area contributed by atoms with Gasteiger partial charge in [-0.3, -0.25) is 0 Å². The van der Waals surface area contributed by atoms with Crippen molar-refractivity contribution < 1.29 is 24.5 Å². The molecule has 1 heterocycles. The fourth-order valence-electron chi connectivity index (χ4n) is 4.45. The van der Waals surface area contributed by atoms with Crippen LogP contribution in [-0.2, 0) is 9.53 Å². The molecule has 1 aliphatic heterocycles. The van der Waals surface area contributed by atoms with Gasteiger partial charge in [-0.15, -0.1) is 0 Å². The van der Waals surface area contributed by atoms with Crippen molar-refractivity contribution in [2.24, 2.45) is 5.92 Å². The van der Waals surface area contributed by atoms with Crippen molar-refractivity contribution in [1.29, 1.82) is 0 Å². The van der Waals surface area contributed by atoms with E-state index in [0.717, 1.165) is 0 Å². The summed E-state index contributed by atoms with van der Waals surface area (Å²) < 4.78 is 5.68. The molecule has 1 unspecified atom stereocenters. The number of hydrogen-bond donors (Lipinski definition) is 2. The number of hydrogen-bond acceptors (Lipinski definition) is 4. The molecule has 0 spiro atoms. The van der Waals surface area contributed by atoms with Crippen molar-refractivity contribution in [3.63, 3.8) is 0 Å². The molecule has 1 aliphatic carbocycles. The largest absolute Gasteiger partial charge is 0.479 e. The molecular formula is C23H25NO5. The summed E-state index contributed by atoms with van der Waals surface area (Å²) in [6.45, 7) is 1.34. The van der Waals surface area contributed by atoms with Crippen molar-refractivity contribution in [1.82, 2.24) is 4.90 Å². The van der Waals surface area contributed by atoms with Gasteiger partial charge in [-0.25, -0.2) is 9.59 Å². The maximum absolute atomic E-state index is 12.6. The zero-order valence-electron chi connectivity index (χ0n) is 16.2. The number of carbonyl (C=O) groups excluding carboxylic acids is 1. The second kappa shape index (κ2) is 8.25. The smallest absolute Gasteiger partial charge is 0.409 e. The molecule has 2 aliphatic rings. The highest BCUT2D eigenvalue weighted by Gasteiger charge is 2.31. The minimum atomic E-state index is -1.33. The van der Waals surface area contributed by atoms with Crippen LogP contribution in [0.5, 0.6) is 0 Å². The number of aliphatic hydroxyl groups is 1. The van der Waals surface area contributed by atoms with Gasteiger partial charge in [-0.1, -0.05) is 48.5 Å². The summed E-state index contributed by atoms with van der Waals surface area (Å²) in [6, 6.07) is 16.5. The number of amides is 1. The van der Waals surface area contributed by atoms with E-state index in [1.165, 1.54) is 22.3 Å². The summed E-state index contributed by atoms with van der Waals surface area (Å²) in [5, 5.41) is 18.3. The van der Waals surface area contributed by atoms with E-state index < -0.39 is 12.1 Å². The van der Waals surface area contributed by atoms with Crippen LogP contribution < -0.4 is 0 Å². The van der Waals surface area contributed by atoms with E-state index in [-0.39, 0.29) is 24.3 Å². The third-order valence-electron chi connectivity index (χ3n) is 6.05. The molecule has 0 saturated carbocycles. The van der Waals surface area contributed by atoms with Crippen LogP contribution in [0.3, 0.4) is 0 Å². The Morgan fingerprint density at radius 2 is 1.55 bits per heavy atom. The van der Waals surface area contributed by atoms with Crippen LogP contribution in [0.4, 0.5) is 4.79 Å². The van der Waals surface area contributed by atoms with E-state index in [1.54, 1.807) is 4.90 Å². The average Bonchev–Trinajstić information content (AvgIpc) is 3.06. The Balaban J connectivity index is 1.35. The van der Waals surface area contributed by atoms with Gasteiger partial charge < -0.3 is 19.8 Å². The van der Waals surface area contributed by atoms with Gasteiger partial charge in [0.2, 0.25) is 0 Å². The number of aliphatic hydroxyl groups excluding tert-OH is 1. The zero-order chi connectivity index (χ0) is 20.4. The number of likely N-dealkylation sites (tertiary alicyclic amines) is 1. The number of benzene rings is 2. The molecule has 152 valence electrons. The molecule has 29 heavy (non-hydrogen) atoms. The fraction of sp³-hybridized carbons (Fsp3) is 0.391. The quantitative estimate of drug-likeness (QED) is 0.809. The van der Waals surface area contributed by atoms with Crippen LogP contribution in [-0.4, -0.2) is 53.0 Å². The predicted molar refractivity (Wildman–Crippen MR) is 108 cm³/mol. The molecule has 1 atom stereocenters. The van der Waals surface area contributed by atoms with Crippen molar-refractivity contribution in [3.05, 3.63) is 59.7 Å². The Hall–Kier alpha value is -2.86. The van der Waals surface area contributed by atoms with Crippen LogP contribution in [0.15, 0.2) is 48.5 Å². The van der Waals surface area contributed by atoms with Crippen molar-refractivity contribution in [3.8, 4) is 11.1 Å². The second-order valence-corrected chi connectivity index (χ2v) is 7.82. The summed E-state index contributed by atoms with van der Waals surface area (Å²) in [4.78, 5) is 25.1. The molecular weight excluding hydrogens is 370 g/mol. The van der Waals surface area contributed by atoms with Crippen LogP contribution in [0.2, 0.25) is 0 Å². The zero-order valence-corrected chi connectivity index (χ0v) is 16.2. The molecule has 1 fully saturated rings. The lowest BCUT2D eigenvalue weighted by molar-refractivity contribution is -0.147. The maximum atomic E-state index is 12.6. The van der Waals surface area contributed by atoms with Gasteiger partial charge in [-0.2, -0.15) is 0 Å². The molecule has 2 N–H and O–H groups in total. The molecule has 0 radical (unpaired) electrons. The summed E-state index contributed by atoms with van der Waals surface area (Å²) in [5.41, 5.74) is 4.76. The number of piperidine rings is 1. The van der Waals surface area contributed by atoms with Gasteiger partial charge in [0.1, 0.15) is 6.61 Å². The summed E-state index contributed by atoms with van der Waals surface area (Å²) in [6.07, 6.45) is -0.0817. The second-order valence-electron chi connectivity index (χ2n) is 7.82. The number of aliphatic carboxylic acids is 1. The highest BCUT2D eigenvalue weighted by Crippen LogP contribution is 2.44. The lowest BCUT2D eigenvalue weighted by Gasteiger charge is -2.32. The Bertz CT molecular complexity index is 858. The number of nitrogens with zero attached hydrogens (tertiary/aromatic N) is 1.